The minimum Gasteiger partial charge on any atom is -0.385 e. The van der Waals surface area contributed by atoms with Gasteiger partial charge in [0.25, 0.3) is 21.8 Å². The highest BCUT2D eigenvalue weighted by Gasteiger charge is 2.24. The number of benzene rings is 3. The zero-order chi connectivity index (χ0) is 26.8. The maximum atomic E-state index is 13.2. The molecule has 0 aliphatic rings. The van der Waals surface area contributed by atoms with Gasteiger partial charge in [0.1, 0.15) is 0 Å². The summed E-state index contributed by atoms with van der Waals surface area (Å²) in [6.45, 7) is 2.97. The summed E-state index contributed by atoms with van der Waals surface area (Å²) in [4.78, 5) is 26.7. The van der Waals surface area contributed by atoms with Gasteiger partial charge in [0.15, 0.2) is 0 Å². The minimum atomic E-state index is -3.77. The molecule has 0 saturated carbocycles. The summed E-state index contributed by atoms with van der Waals surface area (Å²) in [5, 5.41) is 5.59. The highest BCUT2D eigenvalue weighted by atomic mass is 32.2. The molecular weight excluding hydrogens is 510 g/mol. The van der Waals surface area contributed by atoms with Crippen molar-refractivity contribution in [2.24, 2.45) is 0 Å². The molecule has 3 aromatic carbocycles. The summed E-state index contributed by atoms with van der Waals surface area (Å²) in [6.07, 6.45) is 2.61. The molecule has 10 heteroatoms. The van der Waals surface area contributed by atoms with Crippen molar-refractivity contribution in [3.8, 4) is 0 Å². The Kier molecular flexibility index (Phi) is 10.1. The Morgan fingerprint density at radius 2 is 1.62 bits per heavy atom. The number of ether oxygens (including phenoxy) is 1. The molecule has 2 N–H and O–H groups in total. The van der Waals surface area contributed by atoms with E-state index in [2.05, 4.69) is 10.6 Å². The zero-order valence-electron chi connectivity index (χ0n) is 21.1. The highest BCUT2D eigenvalue weighted by Crippen LogP contribution is 2.26. The summed E-state index contributed by atoms with van der Waals surface area (Å²) in [5.41, 5.74) is 1.51. The third kappa shape index (κ3) is 7.12. The van der Waals surface area contributed by atoms with Crippen LogP contribution in [0.3, 0.4) is 0 Å². The van der Waals surface area contributed by atoms with Gasteiger partial charge in [-0.1, -0.05) is 12.1 Å². The lowest BCUT2D eigenvalue weighted by molar-refractivity contribution is 0.0949. The quantitative estimate of drug-likeness (QED) is 0.256. The second-order valence-electron chi connectivity index (χ2n) is 7.99. The largest absolute Gasteiger partial charge is 0.385 e. The fourth-order valence-electron chi connectivity index (χ4n) is 3.64. The molecule has 196 valence electrons. The fraction of sp³-hybridized carbons (Fsp3) is 0.259. The lowest BCUT2D eigenvalue weighted by Gasteiger charge is -2.23. The number of methoxy groups -OCH3 is 1. The van der Waals surface area contributed by atoms with Crippen molar-refractivity contribution < 1.29 is 22.7 Å². The van der Waals surface area contributed by atoms with E-state index in [1.165, 1.54) is 16.1 Å². The first kappa shape index (κ1) is 28.2. The molecule has 0 heterocycles. The van der Waals surface area contributed by atoms with Gasteiger partial charge in [-0.3, -0.25) is 13.9 Å². The molecular formula is C27H31N3O5S2. The average Bonchev–Trinajstić information content (AvgIpc) is 2.92. The number of carbonyl (C=O) groups excluding carboxylic acids is 2. The lowest BCUT2D eigenvalue weighted by Crippen LogP contribution is -2.30. The van der Waals surface area contributed by atoms with Crippen LogP contribution in [0.15, 0.2) is 82.6 Å². The van der Waals surface area contributed by atoms with Crippen LogP contribution >= 0.6 is 11.8 Å². The lowest BCUT2D eigenvalue weighted by atomic mass is 10.1. The maximum absolute atomic E-state index is 13.2. The van der Waals surface area contributed by atoms with Crippen molar-refractivity contribution in [2.45, 2.75) is 23.1 Å². The van der Waals surface area contributed by atoms with Crippen LogP contribution in [0, 0.1) is 0 Å². The van der Waals surface area contributed by atoms with Crippen LogP contribution in [0.1, 0.15) is 34.1 Å². The Hall–Kier alpha value is -3.34. The normalized spacial score (nSPS) is 11.1. The zero-order valence-corrected chi connectivity index (χ0v) is 22.7. The molecule has 0 aromatic heterocycles. The van der Waals surface area contributed by atoms with Crippen molar-refractivity contribution in [3.63, 3.8) is 0 Å². The number of carbonyl (C=O) groups is 2. The van der Waals surface area contributed by atoms with E-state index in [0.717, 1.165) is 4.90 Å². The molecule has 0 spiro atoms. The van der Waals surface area contributed by atoms with E-state index < -0.39 is 15.9 Å². The Labute approximate surface area is 222 Å². The standard InChI is InChI=1S/C27H31N3O5S2/c1-4-30(37(33,34)23-16-14-22(36-3)15-17-23)21-12-10-20(11-13-21)26(31)29-25-9-6-5-8-24(25)27(32)28-18-7-19-35-2/h5-6,8-17H,4,7,18-19H2,1-3H3,(H,28,32)(H,29,31). The monoisotopic (exact) mass is 541 g/mol. The molecule has 2 amide bonds. The van der Waals surface area contributed by atoms with Crippen LogP contribution in [0.4, 0.5) is 11.4 Å². The first-order chi connectivity index (χ1) is 17.8. The van der Waals surface area contributed by atoms with E-state index in [1.807, 2.05) is 6.26 Å². The van der Waals surface area contributed by atoms with Gasteiger partial charge in [-0.15, -0.1) is 11.8 Å². The SMILES string of the molecule is CCN(c1ccc(C(=O)Nc2ccccc2C(=O)NCCCOC)cc1)S(=O)(=O)c1ccc(SC)cc1. The second kappa shape index (κ2) is 13.3. The van der Waals surface area contributed by atoms with Gasteiger partial charge in [0.05, 0.1) is 21.8 Å². The molecule has 0 saturated heterocycles. The third-order valence-electron chi connectivity index (χ3n) is 5.58. The molecule has 37 heavy (non-hydrogen) atoms. The summed E-state index contributed by atoms with van der Waals surface area (Å²) in [5.74, 6) is -0.707. The van der Waals surface area contributed by atoms with E-state index in [-0.39, 0.29) is 17.3 Å². The van der Waals surface area contributed by atoms with Crippen LogP contribution < -0.4 is 14.9 Å². The number of sulfonamides is 1. The fourth-order valence-corrected chi connectivity index (χ4v) is 5.53. The van der Waals surface area contributed by atoms with Crippen molar-refractivity contribution in [2.75, 3.05) is 42.7 Å². The topological polar surface area (TPSA) is 105 Å². The predicted molar refractivity (Wildman–Crippen MR) is 148 cm³/mol. The number of nitrogens with one attached hydrogen (secondary N) is 2. The summed E-state index contributed by atoms with van der Waals surface area (Å²) < 4.78 is 32.7. The molecule has 0 aliphatic heterocycles. The van der Waals surface area contributed by atoms with E-state index in [1.54, 1.807) is 86.8 Å². The highest BCUT2D eigenvalue weighted by molar-refractivity contribution is 7.98. The van der Waals surface area contributed by atoms with E-state index in [4.69, 9.17) is 4.74 Å². The number of amides is 2. The first-order valence-electron chi connectivity index (χ1n) is 11.8. The van der Waals surface area contributed by atoms with Crippen molar-refractivity contribution in [3.05, 3.63) is 83.9 Å². The minimum absolute atomic E-state index is 0.200. The van der Waals surface area contributed by atoms with Crippen molar-refractivity contribution in [1.29, 1.82) is 0 Å². The predicted octanol–water partition coefficient (Wildman–Crippen LogP) is 4.64. The maximum Gasteiger partial charge on any atom is 0.264 e. The first-order valence-corrected chi connectivity index (χ1v) is 14.4. The van der Waals surface area contributed by atoms with Gasteiger partial charge in [0, 0.05) is 37.3 Å². The molecule has 0 atom stereocenters. The Morgan fingerprint density at radius 1 is 0.946 bits per heavy atom. The number of hydrogen-bond acceptors (Lipinski definition) is 6. The number of anilines is 2. The number of hydrogen-bond donors (Lipinski definition) is 2. The van der Waals surface area contributed by atoms with Gasteiger partial charge in [-0.25, -0.2) is 8.42 Å². The van der Waals surface area contributed by atoms with Crippen LogP contribution in [0.25, 0.3) is 0 Å². The van der Waals surface area contributed by atoms with E-state index >= 15 is 0 Å². The van der Waals surface area contributed by atoms with E-state index in [9.17, 15) is 18.0 Å². The summed E-state index contributed by atoms with van der Waals surface area (Å²) >= 11 is 1.54. The van der Waals surface area contributed by atoms with Crippen LogP contribution in [0.5, 0.6) is 0 Å². The van der Waals surface area contributed by atoms with Crippen molar-refractivity contribution in [1.82, 2.24) is 5.32 Å². The van der Waals surface area contributed by atoms with E-state index in [0.29, 0.717) is 42.1 Å². The second-order valence-corrected chi connectivity index (χ2v) is 10.7. The Morgan fingerprint density at radius 3 is 2.24 bits per heavy atom. The molecule has 0 fully saturated rings. The smallest absolute Gasteiger partial charge is 0.264 e. The Balaban J connectivity index is 1.74. The van der Waals surface area contributed by atoms with Crippen LogP contribution in [-0.4, -0.2) is 53.3 Å². The van der Waals surface area contributed by atoms with Crippen molar-refractivity contribution >= 4 is 45.0 Å². The summed E-state index contributed by atoms with van der Waals surface area (Å²) in [6, 6.07) is 19.8. The number of para-hydroxylation sites is 1. The van der Waals surface area contributed by atoms with Gasteiger partial charge in [0.2, 0.25) is 0 Å². The number of rotatable bonds is 12. The molecule has 8 nitrogen and oxygen atoms in total. The third-order valence-corrected chi connectivity index (χ3v) is 8.24. The molecule has 0 radical (unpaired) electrons. The van der Waals surface area contributed by atoms with Crippen LogP contribution in [-0.2, 0) is 14.8 Å². The average molecular weight is 542 g/mol. The molecule has 0 aliphatic carbocycles. The Bertz CT molecular complexity index is 1310. The van der Waals surface area contributed by atoms with Gasteiger partial charge in [-0.2, -0.15) is 0 Å². The summed E-state index contributed by atoms with van der Waals surface area (Å²) in [7, 11) is -2.17. The number of nitrogens with zero attached hydrogens (tertiary/aromatic N) is 1. The molecule has 3 rings (SSSR count). The molecule has 0 unspecified atom stereocenters. The molecule has 3 aromatic rings. The molecule has 0 bridgehead atoms. The number of thioether (sulfide) groups is 1. The van der Waals surface area contributed by atoms with Gasteiger partial charge in [-0.05, 0) is 80.3 Å². The van der Waals surface area contributed by atoms with Gasteiger partial charge < -0.3 is 15.4 Å². The van der Waals surface area contributed by atoms with Gasteiger partial charge >= 0.3 is 0 Å². The van der Waals surface area contributed by atoms with Crippen LogP contribution in [0.2, 0.25) is 0 Å².